The fraction of sp³-hybridized carbons (Fsp3) is 0.435. The van der Waals surface area contributed by atoms with Crippen LogP contribution >= 0.6 is 0 Å². The lowest BCUT2D eigenvalue weighted by atomic mass is 10.0. The third-order valence-electron chi connectivity index (χ3n) is 6.05. The monoisotopic (exact) mass is 473 g/mol. The van der Waals surface area contributed by atoms with Crippen molar-refractivity contribution >= 4 is 33.9 Å². The van der Waals surface area contributed by atoms with Crippen molar-refractivity contribution in [3.63, 3.8) is 0 Å². The van der Waals surface area contributed by atoms with Crippen molar-refractivity contribution in [1.29, 1.82) is 0 Å². The maximum Gasteiger partial charge on any atom is 0.250 e. The van der Waals surface area contributed by atoms with E-state index in [-0.39, 0.29) is 41.0 Å². The van der Waals surface area contributed by atoms with Gasteiger partial charge in [0.2, 0.25) is 11.9 Å². The number of primary amides is 1. The van der Waals surface area contributed by atoms with Gasteiger partial charge in [-0.15, -0.1) is 5.10 Å². The molecule has 0 radical (unpaired) electrons. The molecule has 3 aromatic rings. The number of fused-ring (bicyclic) bond motifs is 1. The zero-order chi connectivity index (χ0) is 24.4. The van der Waals surface area contributed by atoms with Gasteiger partial charge in [-0.05, 0) is 37.5 Å². The van der Waals surface area contributed by atoms with E-state index in [1.165, 1.54) is 30.3 Å². The molecule has 5 N–H and O–H groups in total. The summed E-state index contributed by atoms with van der Waals surface area (Å²) in [5.74, 6) is -1.01. The lowest BCUT2D eigenvalue weighted by Crippen LogP contribution is -2.38. The van der Waals surface area contributed by atoms with Gasteiger partial charge in [0.15, 0.2) is 0 Å². The number of carbonyl (C=O) groups excluding carboxylic acids is 1. The number of hydrogen-bond acceptors (Lipinski definition) is 7. The van der Waals surface area contributed by atoms with Gasteiger partial charge in [-0.3, -0.25) is 14.5 Å². The second-order valence-corrected chi connectivity index (χ2v) is 8.73. The van der Waals surface area contributed by atoms with E-state index in [0.29, 0.717) is 28.9 Å². The van der Waals surface area contributed by atoms with Crippen LogP contribution in [0.2, 0.25) is 0 Å². The number of pyridine rings is 1. The third kappa shape index (κ3) is 4.95. The fourth-order valence-electron chi connectivity index (χ4n) is 3.99. The van der Waals surface area contributed by atoms with Crippen molar-refractivity contribution in [1.82, 2.24) is 14.8 Å². The number of amides is 1. The van der Waals surface area contributed by atoms with Crippen molar-refractivity contribution in [2.75, 3.05) is 24.2 Å². The first kappa shape index (κ1) is 23.8. The number of carbonyl (C=O) groups is 1. The number of nitrogens with two attached hydrogens (primary N) is 2. The van der Waals surface area contributed by atoms with Gasteiger partial charge in [0.1, 0.15) is 5.69 Å². The van der Waals surface area contributed by atoms with Crippen molar-refractivity contribution in [2.45, 2.75) is 44.8 Å². The van der Waals surface area contributed by atoms with Gasteiger partial charge in [0, 0.05) is 25.4 Å². The van der Waals surface area contributed by atoms with Crippen LogP contribution in [-0.2, 0) is 11.3 Å². The molecule has 1 saturated carbocycles. The van der Waals surface area contributed by atoms with Crippen molar-refractivity contribution in [3.05, 3.63) is 42.1 Å². The number of methoxy groups -OCH3 is 1. The van der Waals surface area contributed by atoms with Crippen LogP contribution in [0.25, 0.3) is 10.9 Å². The predicted octanol–water partition coefficient (Wildman–Crippen LogP) is 3.27. The molecule has 1 aliphatic rings. The lowest BCUT2D eigenvalue weighted by molar-refractivity contribution is 0.1000. The van der Waals surface area contributed by atoms with Crippen molar-refractivity contribution in [2.24, 2.45) is 17.4 Å². The summed E-state index contributed by atoms with van der Waals surface area (Å²) in [5, 5.41) is 7.57. The summed E-state index contributed by atoms with van der Waals surface area (Å²) in [6.45, 7) is 2.48. The van der Waals surface area contributed by atoms with Crippen molar-refractivity contribution < 1.29 is 18.4 Å². The van der Waals surface area contributed by atoms with E-state index in [2.05, 4.69) is 15.4 Å². The molecule has 182 valence electrons. The maximum absolute atomic E-state index is 16.0. The first-order chi connectivity index (χ1) is 16.3. The standard InChI is InChI=1S/C23H29F2N7O2/c1-13(26)18(9-14-3-4-14)29-17-5-6-19-20(22(24)30-31(19)7-8-34-2)21(17)32(25)16-10-15(23(27)33)11-28-12-16/h5-6,10-14,18,29H,3-4,7-9,26H2,1-2H3,(H2,27,33)/t13-,18+/m0/s1. The number of halogens is 2. The van der Waals surface area contributed by atoms with Gasteiger partial charge in [-0.1, -0.05) is 17.3 Å². The molecule has 1 fully saturated rings. The van der Waals surface area contributed by atoms with Gasteiger partial charge in [0.25, 0.3) is 0 Å². The van der Waals surface area contributed by atoms with Crippen LogP contribution in [0.3, 0.4) is 0 Å². The molecule has 1 aliphatic carbocycles. The average molecular weight is 474 g/mol. The molecule has 2 atom stereocenters. The normalized spacial score (nSPS) is 15.3. The Morgan fingerprint density at radius 2 is 2.15 bits per heavy atom. The van der Waals surface area contributed by atoms with Crippen LogP contribution in [0.1, 0.15) is 36.5 Å². The molecule has 11 heteroatoms. The summed E-state index contributed by atoms with van der Waals surface area (Å²) in [6, 6.07) is 4.28. The highest BCUT2D eigenvalue weighted by Crippen LogP contribution is 2.42. The molecule has 2 heterocycles. The van der Waals surface area contributed by atoms with Gasteiger partial charge in [-0.25, -0.2) is 0 Å². The summed E-state index contributed by atoms with van der Waals surface area (Å²) < 4.78 is 37.7. The van der Waals surface area contributed by atoms with E-state index in [9.17, 15) is 4.79 Å². The van der Waals surface area contributed by atoms with E-state index in [1.54, 1.807) is 12.1 Å². The summed E-state index contributed by atoms with van der Waals surface area (Å²) >= 11 is 0. The average Bonchev–Trinajstić information content (AvgIpc) is 3.58. The molecule has 4 rings (SSSR count). The van der Waals surface area contributed by atoms with Gasteiger partial charge >= 0.3 is 0 Å². The molecule has 2 aromatic heterocycles. The summed E-state index contributed by atoms with van der Waals surface area (Å²) in [6.07, 6.45) is 5.58. The van der Waals surface area contributed by atoms with Crippen molar-refractivity contribution in [3.8, 4) is 0 Å². The van der Waals surface area contributed by atoms with Crippen LogP contribution in [0, 0.1) is 11.9 Å². The largest absolute Gasteiger partial charge is 0.383 e. The smallest absolute Gasteiger partial charge is 0.250 e. The molecule has 0 unspecified atom stereocenters. The maximum atomic E-state index is 16.0. The molecule has 0 spiro atoms. The lowest BCUT2D eigenvalue weighted by Gasteiger charge is -2.27. The predicted molar refractivity (Wildman–Crippen MR) is 126 cm³/mol. The fourth-order valence-corrected chi connectivity index (χ4v) is 3.99. The van der Waals surface area contributed by atoms with Gasteiger partial charge in [0.05, 0.1) is 47.2 Å². The second-order valence-electron chi connectivity index (χ2n) is 8.73. The molecular weight excluding hydrogens is 444 g/mol. The van der Waals surface area contributed by atoms with Crippen LogP contribution in [0.15, 0.2) is 30.6 Å². The highest BCUT2D eigenvalue weighted by molar-refractivity contribution is 6.01. The highest BCUT2D eigenvalue weighted by Gasteiger charge is 2.30. The first-order valence-electron chi connectivity index (χ1n) is 11.2. The number of rotatable bonds is 11. The number of nitrogens with zero attached hydrogens (tertiary/aromatic N) is 4. The number of hydrogen-bond donors (Lipinski definition) is 3. The zero-order valence-electron chi connectivity index (χ0n) is 19.2. The Labute approximate surface area is 196 Å². The first-order valence-corrected chi connectivity index (χ1v) is 11.2. The summed E-state index contributed by atoms with van der Waals surface area (Å²) in [5.41, 5.74) is 12.2. The van der Waals surface area contributed by atoms with E-state index in [0.717, 1.165) is 19.3 Å². The molecule has 0 aliphatic heterocycles. The molecule has 1 amide bonds. The van der Waals surface area contributed by atoms with E-state index in [1.807, 2.05) is 6.92 Å². The summed E-state index contributed by atoms with van der Waals surface area (Å²) in [4.78, 5) is 15.5. The Balaban J connectivity index is 1.84. The molecule has 1 aromatic carbocycles. The van der Waals surface area contributed by atoms with Gasteiger partial charge in [-0.2, -0.15) is 9.51 Å². The van der Waals surface area contributed by atoms with E-state index < -0.39 is 11.9 Å². The Morgan fingerprint density at radius 1 is 1.38 bits per heavy atom. The minimum absolute atomic E-state index is 0.0112. The Kier molecular flexibility index (Phi) is 6.94. The Morgan fingerprint density at radius 3 is 2.79 bits per heavy atom. The SMILES string of the molecule is COCCn1nc(F)c2c(N(F)c3cncc(C(N)=O)c3)c(N[C@H](CC3CC3)[C@H](C)N)ccc21. The van der Waals surface area contributed by atoms with Crippen LogP contribution in [0.4, 0.5) is 25.9 Å². The second kappa shape index (κ2) is 9.90. The Hall–Kier alpha value is -3.31. The minimum atomic E-state index is -0.828. The molecule has 9 nitrogen and oxygen atoms in total. The topological polar surface area (TPSA) is 124 Å². The van der Waals surface area contributed by atoms with Crippen LogP contribution in [0.5, 0.6) is 0 Å². The Bertz CT molecular complexity index is 1180. The molecule has 34 heavy (non-hydrogen) atoms. The zero-order valence-corrected chi connectivity index (χ0v) is 19.2. The number of anilines is 3. The number of benzene rings is 1. The number of aromatic nitrogens is 3. The van der Waals surface area contributed by atoms with E-state index >= 15 is 8.87 Å². The number of nitrogens with one attached hydrogen (secondary N) is 1. The molecule has 0 bridgehead atoms. The quantitative estimate of drug-likeness (QED) is 0.365. The summed E-state index contributed by atoms with van der Waals surface area (Å²) in [7, 11) is 1.53. The molecule has 0 saturated heterocycles. The van der Waals surface area contributed by atoms with Crippen LogP contribution in [-0.4, -0.2) is 46.5 Å². The minimum Gasteiger partial charge on any atom is -0.383 e. The highest BCUT2D eigenvalue weighted by atomic mass is 19.2. The van der Waals surface area contributed by atoms with E-state index in [4.69, 9.17) is 16.2 Å². The third-order valence-corrected chi connectivity index (χ3v) is 6.05. The number of ether oxygens (including phenoxy) is 1. The van der Waals surface area contributed by atoms with Gasteiger partial charge < -0.3 is 21.5 Å². The van der Waals surface area contributed by atoms with Crippen LogP contribution < -0.4 is 21.9 Å². The molecular formula is C23H29F2N7O2.